The third kappa shape index (κ3) is 3.78. The van der Waals surface area contributed by atoms with E-state index < -0.39 is 58.6 Å². The molecule has 2 aromatic rings. The second-order valence-corrected chi connectivity index (χ2v) is 4.80. The van der Waals surface area contributed by atoms with Crippen LogP contribution in [-0.4, -0.2) is 14.2 Å². The lowest BCUT2D eigenvalue weighted by molar-refractivity contribution is -0.239. The fraction of sp³-hybridized carbons (Fsp3) is 0.250. The molecule has 0 spiro atoms. The summed E-state index contributed by atoms with van der Waals surface area (Å²) in [5.41, 5.74) is -1.07. The van der Waals surface area contributed by atoms with Crippen molar-refractivity contribution in [2.24, 2.45) is 0 Å². The Bertz CT molecular complexity index is 705. The van der Waals surface area contributed by atoms with E-state index in [2.05, 4.69) is 0 Å². The van der Waals surface area contributed by atoms with Crippen LogP contribution in [-0.2, 0) is 14.2 Å². The first-order chi connectivity index (χ1) is 11.8. The summed E-state index contributed by atoms with van der Waals surface area (Å²) in [7, 11) is 2.11. The Labute approximate surface area is 138 Å². The molecule has 2 rings (SSSR count). The molecule has 3 nitrogen and oxygen atoms in total. The Hall–Kier alpha value is -2.10. The van der Waals surface area contributed by atoms with Crippen LogP contribution in [0, 0.1) is 34.9 Å². The third-order valence-corrected chi connectivity index (χ3v) is 3.31. The fourth-order valence-electron chi connectivity index (χ4n) is 2.07. The summed E-state index contributed by atoms with van der Waals surface area (Å²) in [5.74, 6) is -9.51. The molecule has 0 saturated carbocycles. The van der Waals surface area contributed by atoms with Crippen molar-refractivity contribution in [2.45, 2.75) is 12.6 Å². The highest BCUT2D eigenvalue weighted by Gasteiger charge is 2.28. The quantitative estimate of drug-likeness (QED) is 0.427. The van der Waals surface area contributed by atoms with Gasteiger partial charge in [-0.05, 0) is 24.3 Å². The molecule has 136 valence electrons. The normalized spacial score (nSPS) is 13.8. The second-order valence-electron chi connectivity index (χ2n) is 4.80. The van der Waals surface area contributed by atoms with E-state index in [4.69, 9.17) is 14.2 Å². The van der Waals surface area contributed by atoms with Crippen molar-refractivity contribution in [3.63, 3.8) is 0 Å². The Balaban J connectivity index is 2.37. The summed E-state index contributed by atoms with van der Waals surface area (Å²) in [6, 6.07) is 3.00. The first-order valence-electron chi connectivity index (χ1n) is 6.79. The number of halogens is 6. The van der Waals surface area contributed by atoms with E-state index in [1.54, 1.807) is 0 Å². The smallest absolute Gasteiger partial charge is 0.194 e. The molecular formula is C16H12F6O3. The zero-order valence-electron chi connectivity index (χ0n) is 13.0. The van der Waals surface area contributed by atoms with Gasteiger partial charge in [0.2, 0.25) is 0 Å². The van der Waals surface area contributed by atoms with Crippen molar-refractivity contribution >= 4 is 0 Å². The van der Waals surface area contributed by atoms with Gasteiger partial charge in [0.25, 0.3) is 0 Å². The highest BCUT2D eigenvalue weighted by Crippen LogP contribution is 2.32. The number of ether oxygens (including phenoxy) is 3. The highest BCUT2D eigenvalue weighted by atomic mass is 19.2. The van der Waals surface area contributed by atoms with Gasteiger partial charge < -0.3 is 14.2 Å². The summed E-state index contributed by atoms with van der Waals surface area (Å²) in [5, 5.41) is 0. The molecule has 0 bridgehead atoms. The molecule has 0 amide bonds. The zero-order chi connectivity index (χ0) is 18.7. The van der Waals surface area contributed by atoms with Crippen LogP contribution in [0.4, 0.5) is 26.3 Å². The van der Waals surface area contributed by atoms with Gasteiger partial charge in [-0.2, -0.15) is 0 Å². The Morgan fingerprint density at radius 3 is 1.28 bits per heavy atom. The summed E-state index contributed by atoms with van der Waals surface area (Å²) in [6.45, 7) is 0. The van der Waals surface area contributed by atoms with Crippen LogP contribution in [0.15, 0.2) is 24.3 Å². The van der Waals surface area contributed by atoms with Crippen LogP contribution in [0.25, 0.3) is 0 Å². The summed E-state index contributed by atoms with van der Waals surface area (Å²) in [4.78, 5) is 0. The molecule has 0 aromatic heterocycles. The average molecular weight is 366 g/mol. The number of methoxy groups -OCH3 is 2. The van der Waals surface area contributed by atoms with Crippen LogP contribution in [0.1, 0.15) is 23.7 Å². The Morgan fingerprint density at radius 1 is 0.600 bits per heavy atom. The van der Waals surface area contributed by atoms with E-state index >= 15 is 0 Å². The first-order valence-corrected chi connectivity index (χ1v) is 6.79. The van der Waals surface area contributed by atoms with Crippen LogP contribution in [0.2, 0.25) is 0 Å². The maximum atomic E-state index is 13.9. The van der Waals surface area contributed by atoms with Gasteiger partial charge in [0.1, 0.15) is 0 Å². The third-order valence-electron chi connectivity index (χ3n) is 3.31. The second kappa shape index (κ2) is 7.85. The summed E-state index contributed by atoms with van der Waals surface area (Å²) in [6.07, 6.45) is -3.29. The van der Waals surface area contributed by atoms with Crippen molar-refractivity contribution in [3.05, 3.63) is 70.3 Å². The lowest BCUT2D eigenvalue weighted by atomic mass is 10.1. The zero-order valence-corrected chi connectivity index (χ0v) is 13.0. The predicted molar refractivity (Wildman–Crippen MR) is 73.2 cm³/mol. The summed E-state index contributed by atoms with van der Waals surface area (Å²) < 4.78 is 95.3. The van der Waals surface area contributed by atoms with Gasteiger partial charge in [0, 0.05) is 25.3 Å². The van der Waals surface area contributed by atoms with Gasteiger partial charge in [-0.15, -0.1) is 0 Å². The number of hydrogen-bond acceptors (Lipinski definition) is 3. The molecular weight excluding hydrogens is 354 g/mol. The van der Waals surface area contributed by atoms with Crippen LogP contribution in [0.5, 0.6) is 0 Å². The molecule has 0 heterocycles. The SMILES string of the molecule is COC(OC(OC)c1ccc(F)c(F)c1F)c1ccc(F)c(F)c1F. The topological polar surface area (TPSA) is 27.7 Å². The van der Waals surface area contributed by atoms with Crippen molar-refractivity contribution in [3.8, 4) is 0 Å². The van der Waals surface area contributed by atoms with E-state index in [0.29, 0.717) is 12.1 Å². The van der Waals surface area contributed by atoms with E-state index in [-0.39, 0.29) is 0 Å². The fourth-order valence-corrected chi connectivity index (χ4v) is 2.07. The molecule has 9 heteroatoms. The van der Waals surface area contributed by atoms with E-state index in [0.717, 1.165) is 26.4 Å². The molecule has 0 aliphatic carbocycles. The Kier molecular flexibility index (Phi) is 6.04. The molecule has 2 atom stereocenters. The van der Waals surface area contributed by atoms with Crippen LogP contribution >= 0.6 is 0 Å². The largest absolute Gasteiger partial charge is 0.351 e. The van der Waals surface area contributed by atoms with Gasteiger partial charge in [0.15, 0.2) is 47.5 Å². The molecule has 0 aliphatic rings. The molecule has 0 saturated heterocycles. The molecule has 2 unspecified atom stereocenters. The lowest BCUT2D eigenvalue weighted by Gasteiger charge is -2.24. The monoisotopic (exact) mass is 366 g/mol. The Morgan fingerprint density at radius 2 is 0.960 bits per heavy atom. The van der Waals surface area contributed by atoms with Crippen LogP contribution < -0.4 is 0 Å². The number of benzene rings is 2. The maximum Gasteiger partial charge on any atom is 0.194 e. The van der Waals surface area contributed by atoms with Crippen molar-refractivity contribution < 1.29 is 40.6 Å². The maximum absolute atomic E-state index is 13.9. The molecule has 25 heavy (non-hydrogen) atoms. The van der Waals surface area contributed by atoms with Crippen molar-refractivity contribution in [1.82, 2.24) is 0 Å². The molecule has 0 N–H and O–H groups in total. The van der Waals surface area contributed by atoms with Gasteiger partial charge in [-0.25, -0.2) is 26.3 Å². The first kappa shape index (κ1) is 19.2. The van der Waals surface area contributed by atoms with Gasteiger partial charge in [-0.1, -0.05) is 0 Å². The lowest BCUT2D eigenvalue weighted by Crippen LogP contribution is -2.17. The van der Waals surface area contributed by atoms with Gasteiger partial charge in [0.05, 0.1) is 0 Å². The molecule has 2 aromatic carbocycles. The van der Waals surface area contributed by atoms with E-state index in [1.165, 1.54) is 0 Å². The minimum absolute atomic E-state index is 0.536. The average Bonchev–Trinajstić information content (AvgIpc) is 2.60. The number of rotatable bonds is 6. The van der Waals surface area contributed by atoms with Crippen molar-refractivity contribution in [1.29, 1.82) is 0 Å². The van der Waals surface area contributed by atoms with Gasteiger partial charge in [-0.3, -0.25) is 0 Å². The van der Waals surface area contributed by atoms with Crippen molar-refractivity contribution in [2.75, 3.05) is 14.2 Å². The minimum atomic E-state index is -1.75. The molecule has 0 radical (unpaired) electrons. The number of hydrogen-bond donors (Lipinski definition) is 0. The molecule has 0 fully saturated rings. The predicted octanol–water partition coefficient (Wildman–Crippen LogP) is 4.53. The standard InChI is InChI=1S/C16H12F6O3/c1-23-15(7-3-5-9(17)13(21)11(7)19)25-16(24-2)8-4-6-10(18)14(22)12(8)20/h3-6,15-16H,1-2H3. The van der Waals surface area contributed by atoms with Gasteiger partial charge >= 0.3 is 0 Å². The van der Waals surface area contributed by atoms with Crippen LogP contribution in [0.3, 0.4) is 0 Å². The van der Waals surface area contributed by atoms with E-state index in [1.807, 2.05) is 0 Å². The molecule has 0 aliphatic heterocycles. The van der Waals surface area contributed by atoms with E-state index in [9.17, 15) is 26.3 Å². The highest BCUT2D eigenvalue weighted by molar-refractivity contribution is 5.23. The minimum Gasteiger partial charge on any atom is -0.351 e. The summed E-state index contributed by atoms with van der Waals surface area (Å²) >= 11 is 0.